The lowest BCUT2D eigenvalue weighted by Gasteiger charge is -2.09. The van der Waals surface area contributed by atoms with Crippen molar-refractivity contribution in [3.63, 3.8) is 0 Å². The summed E-state index contributed by atoms with van der Waals surface area (Å²) in [5.41, 5.74) is 4.48. The quantitative estimate of drug-likeness (QED) is 0.685. The molecule has 0 bridgehead atoms. The molecule has 3 aromatic rings. The number of benzene rings is 2. The third-order valence-electron chi connectivity index (χ3n) is 4.27. The van der Waals surface area contributed by atoms with Crippen LogP contribution in [0.5, 0.6) is 0 Å². The monoisotopic (exact) mass is 335 g/mol. The molecule has 1 heterocycles. The smallest absolute Gasteiger partial charge is 0.315 e. The Labute approximate surface area is 146 Å². The minimum Gasteiger partial charge on any atom is -0.334 e. The Bertz CT molecular complexity index is 962. The van der Waals surface area contributed by atoms with Gasteiger partial charge >= 0.3 is 6.03 Å². The van der Waals surface area contributed by atoms with Crippen LogP contribution in [0.4, 0.5) is 4.79 Å². The zero-order valence-electron chi connectivity index (χ0n) is 14.3. The fourth-order valence-corrected chi connectivity index (χ4v) is 2.67. The minimum atomic E-state index is -0.302. The molecule has 0 unspecified atom stereocenters. The number of fused-ring (bicyclic) bond motifs is 1. The second-order valence-electron chi connectivity index (χ2n) is 6.17. The van der Waals surface area contributed by atoms with Crippen LogP contribution in [0.15, 0.2) is 53.3 Å². The predicted octanol–water partition coefficient (Wildman–Crippen LogP) is 3.14. The lowest BCUT2D eigenvalue weighted by molar-refractivity contribution is 0.240. The Morgan fingerprint density at radius 1 is 0.960 bits per heavy atom. The van der Waals surface area contributed by atoms with Gasteiger partial charge < -0.3 is 15.6 Å². The Morgan fingerprint density at radius 3 is 2.40 bits per heavy atom. The highest BCUT2D eigenvalue weighted by Crippen LogP contribution is 2.17. The van der Waals surface area contributed by atoms with Gasteiger partial charge in [-0.1, -0.05) is 30.3 Å². The number of aromatic amines is 1. The number of hydrogen-bond acceptors (Lipinski definition) is 2. The number of nitrogens with one attached hydrogen (secondary N) is 3. The maximum absolute atomic E-state index is 12.2. The Hall–Kier alpha value is -3.08. The summed E-state index contributed by atoms with van der Waals surface area (Å²) in [7, 11) is 0. The third-order valence-corrected chi connectivity index (χ3v) is 4.27. The summed E-state index contributed by atoms with van der Waals surface area (Å²) in [6.07, 6.45) is 0. The van der Waals surface area contributed by atoms with Gasteiger partial charge in [0.2, 0.25) is 0 Å². The van der Waals surface area contributed by atoms with E-state index in [9.17, 15) is 9.59 Å². The van der Waals surface area contributed by atoms with E-state index >= 15 is 0 Å². The molecule has 0 saturated carbocycles. The number of carbonyl (C=O) groups is 1. The maximum Gasteiger partial charge on any atom is 0.315 e. The van der Waals surface area contributed by atoms with Crippen LogP contribution >= 0.6 is 0 Å². The molecule has 0 saturated heterocycles. The molecule has 25 heavy (non-hydrogen) atoms. The van der Waals surface area contributed by atoms with Gasteiger partial charge in [-0.15, -0.1) is 0 Å². The lowest BCUT2D eigenvalue weighted by atomic mass is 10.1. The van der Waals surface area contributed by atoms with Crippen LogP contribution < -0.4 is 16.2 Å². The fraction of sp³-hybridized carbons (Fsp3) is 0.200. The first-order valence-electron chi connectivity index (χ1n) is 8.22. The van der Waals surface area contributed by atoms with Crippen molar-refractivity contribution in [2.24, 2.45) is 0 Å². The molecule has 0 aliphatic heterocycles. The van der Waals surface area contributed by atoms with E-state index in [1.165, 1.54) is 5.56 Å². The molecule has 1 aromatic heterocycles. The number of aromatic nitrogens is 1. The maximum atomic E-state index is 12.2. The van der Waals surface area contributed by atoms with Gasteiger partial charge in [-0.05, 0) is 54.1 Å². The summed E-state index contributed by atoms with van der Waals surface area (Å²) in [5.74, 6) is 0. The minimum absolute atomic E-state index is 0.179. The standard InChI is InChI=1S/C20H21N3O2/c1-13-8-16-10-17(19(24)23-18(16)9-14(13)2)12-22-20(25)21-11-15-6-4-3-5-7-15/h3-10H,11-12H2,1-2H3,(H,23,24)(H2,21,22,25). The van der Waals surface area contributed by atoms with Crippen LogP contribution in [0.1, 0.15) is 22.3 Å². The average Bonchev–Trinajstić information content (AvgIpc) is 2.61. The summed E-state index contributed by atoms with van der Waals surface area (Å²) < 4.78 is 0. The van der Waals surface area contributed by atoms with Gasteiger partial charge in [0.15, 0.2) is 0 Å². The molecule has 0 fully saturated rings. The van der Waals surface area contributed by atoms with Crippen LogP contribution in [0.25, 0.3) is 10.9 Å². The van der Waals surface area contributed by atoms with E-state index in [-0.39, 0.29) is 18.1 Å². The highest BCUT2D eigenvalue weighted by Gasteiger charge is 2.07. The Morgan fingerprint density at radius 2 is 1.64 bits per heavy atom. The van der Waals surface area contributed by atoms with Crippen molar-refractivity contribution in [2.75, 3.05) is 0 Å². The van der Waals surface area contributed by atoms with Crippen molar-refractivity contribution in [1.29, 1.82) is 0 Å². The van der Waals surface area contributed by atoms with Gasteiger partial charge in [0.1, 0.15) is 0 Å². The fourth-order valence-electron chi connectivity index (χ4n) is 2.67. The van der Waals surface area contributed by atoms with E-state index in [1.807, 2.05) is 62.4 Å². The number of carbonyl (C=O) groups excluding carboxylic acids is 1. The molecule has 0 spiro atoms. The third kappa shape index (κ3) is 4.07. The molecule has 3 N–H and O–H groups in total. The van der Waals surface area contributed by atoms with E-state index in [1.54, 1.807) is 0 Å². The number of amides is 2. The summed E-state index contributed by atoms with van der Waals surface area (Å²) in [6.45, 7) is 4.67. The average molecular weight is 335 g/mol. The molecule has 5 nitrogen and oxygen atoms in total. The van der Waals surface area contributed by atoms with Crippen molar-refractivity contribution in [3.05, 3.63) is 81.1 Å². The number of H-pyrrole nitrogens is 1. The van der Waals surface area contributed by atoms with Gasteiger partial charge in [-0.25, -0.2) is 4.79 Å². The number of rotatable bonds is 4. The van der Waals surface area contributed by atoms with Gasteiger partial charge in [0.25, 0.3) is 5.56 Å². The van der Waals surface area contributed by atoms with Crippen molar-refractivity contribution in [1.82, 2.24) is 15.6 Å². The van der Waals surface area contributed by atoms with E-state index in [0.717, 1.165) is 22.0 Å². The molecular formula is C20H21N3O2. The number of aryl methyl sites for hydroxylation is 2. The van der Waals surface area contributed by atoms with Crippen LogP contribution in [0.2, 0.25) is 0 Å². The normalized spacial score (nSPS) is 10.6. The van der Waals surface area contributed by atoms with Crippen molar-refractivity contribution >= 4 is 16.9 Å². The van der Waals surface area contributed by atoms with Crippen LogP contribution in [0.3, 0.4) is 0 Å². The van der Waals surface area contributed by atoms with Gasteiger partial charge in [-0.2, -0.15) is 0 Å². The topological polar surface area (TPSA) is 74.0 Å². The zero-order valence-corrected chi connectivity index (χ0v) is 14.3. The first kappa shape index (κ1) is 16.8. The largest absolute Gasteiger partial charge is 0.334 e. The van der Waals surface area contributed by atoms with Crippen LogP contribution in [-0.4, -0.2) is 11.0 Å². The van der Waals surface area contributed by atoms with Crippen molar-refractivity contribution in [3.8, 4) is 0 Å². The Kier molecular flexibility index (Phi) is 4.84. The van der Waals surface area contributed by atoms with Crippen molar-refractivity contribution in [2.45, 2.75) is 26.9 Å². The second kappa shape index (κ2) is 7.21. The molecule has 3 rings (SSSR count). The lowest BCUT2D eigenvalue weighted by Crippen LogP contribution is -2.35. The van der Waals surface area contributed by atoms with Crippen LogP contribution in [0, 0.1) is 13.8 Å². The summed E-state index contributed by atoms with van der Waals surface area (Å²) in [6, 6.07) is 15.2. The molecule has 2 aromatic carbocycles. The molecule has 0 radical (unpaired) electrons. The molecule has 0 aliphatic carbocycles. The second-order valence-corrected chi connectivity index (χ2v) is 6.17. The molecule has 0 aliphatic rings. The van der Waals surface area contributed by atoms with Gasteiger partial charge in [0.05, 0.1) is 0 Å². The number of hydrogen-bond donors (Lipinski definition) is 3. The van der Waals surface area contributed by atoms with E-state index < -0.39 is 0 Å². The van der Waals surface area contributed by atoms with E-state index in [2.05, 4.69) is 15.6 Å². The number of urea groups is 1. The van der Waals surface area contributed by atoms with Crippen LogP contribution in [-0.2, 0) is 13.1 Å². The van der Waals surface area contributed by atoms with Gasteiger partial charge in [0, 0.05) is 24.2 Å². The highest BCUT2D eigenvalue weighted by atomic mass is 16.2. The SMILES string of the molecule is Cc1cc2cc(CNC(=O)NCc3ccccc3)c(=O)[nH]c2cc1C. The van der Waals surface area contributed by atoms with Crippen molar-refractivity contribution < 1.29 is 4.79 Å². The van der Waals surface area contributed by atoms with Gasteiger partial charge in [-0.3, -0.25) is 4.79 Å². The summed E-state index contributed by atoms with van der Waals surface area (Å²) in [5, 5.41) is 6.47. The number of pyridine rings is 1. The summed E-state index contributed by atoms with van der Waals surface area (Å²) in [4.78, 5) is 27.0. The molecular weight excluding hydrogens is 314 g/mol. The molecule has 0 atom stereocenters. The molecule has 5 heteroatoms. The Balaban J connectivity index is 1.66. The zero-order chi connectivity index (χ0) is 17.8. The molecule has 2 amide bonds. The first-order chi connectivity index (χ1) is 12.0. The highest BCUT2D eigenvalue weighted by molar-refractivity contribution is 5.81. The predicted molar refractivity (Wildman–Crippen MR) is 99.6 cm³/mol. The first-order valence-corrected chi connectivity index (χ1v) is 8.22. The summed E-state index contributed by atoms with van der Waals surface area (Å²) >= 11 is 0. The molecule has 128 valence electrons. The van der Waals surface area contributed by atoms with E-state index in [0.29, 0.717) is 12.1 Å². The van der Waals surface area contributed by atoms with E-state index in [4.69, 9.17) is 0 Å².